The Morgan fingerprint density at radius 1 is 1.30 bits per heavy atom. The number of aromatic carboxylic acids is 1. The molecule has 7 nitrogen and oxygen atoms in total. The molecule has 0 aliphatic heterocycles. The molecular weight excluding hydrogens is 306 g/mol. The lowest BCUT2D eigenvalue weighted by atomic mass is 10.2. The lowest BCUT2D eigenvalue weighted by Crippen LogP contribution is -2.32. The fraction of sp³-hybridized carbons (Fsp3) is 0.182. The van der Waals surface area contributed by atoms with Gasteiger partial charge in [0.25, 0.3) is 0 Å². The SMILES string of the molecule is N#CCN(CC#N)S(=O)(=O)c1ccc(Cl)c(C(=O)O)c1. The Morgan fingerprint density at radius 2 is 1.85 bits per heavy atom. The van der Waals surface area contributed by atoms with Gasteiger partial charge >= 0.3 is 5.97 Å². The molecule has 0 spiro atoms. The van der Waals surface area contributed by atoms with Crippen molar-refractivity contribution in [1.29, 1.82) is 10.5 Å². The fourth-order valence-corrected chi connectivity index (χ4v) is 2.82. The Morgan fingerprint density at radius 3 is 2.30 bits per heavy atom. The molecule has 0 saturated heterocycles. The molecule has 1 N–H and O–H groups in total. The molecule has 104 valence electrons. The van der Waals surface area contributed by atoms with Gasteiger partial charge in [-0.05, 0) is 18.2 Å². The van der Waals surface area contributed by atoms with Gasteiger partial charge in [0.15, 0.2) is 0 Å². The number of carboxylic acids is 1. The third kappa shape index (κ3) is 3.25. The van der Waals surface area contributed by atoms with Crippen molar-refractivity contribution in [3.63, 3.8) is 0 Å². The molecule has 1 aromatic rings. The summed E-state index contributed by atoms with van der Waals surface area (Å²) in [4.78, 5) is 10.6. The first kappa shape index (κ1) is 15.9. The minimum absolute atomic E-state index is 0.108. The topological polar surface area (TPSA) is 122 Å². The van der Waals surface area contributed by atoms with Crippen LogP contribution in [-0.4, -0.2) is 36.9 Å². The highest BCUT2D eigenvalue weighted by Gasteiger charge is 2.25. The molecule has 1 aromatic carbocycles. The van der Waals surface area contributed by atoms with Crippen LogP contribution in [0.25, 0.3) is 0 Å². The number of nitriles is 2. The van der Waals surface area contributed by atoms with E-state index in [9.17, 15) is 13.2 Å². The van der Waals surface area contributed by atoms with E-state index >= 15 is 0 Å². The monoisotopic (exact) mass is 313 g/mol. The summed E-state index contributed by atoms with van der Waals surface area (Å²) < 4.78 is 25.0. The molecule has 0 aliphatic carbocycles. The summed E-state index contributed by atoms with van der Waals surface area (Å²) in [6, 6.07) is 6.40. The van der Waals surface area contributed by atoms with Gasteiger partial charge in [0, 0.05) is 0 Å². The largest absolute Gasteiger partial charge is 0.478 e. The smallest absolute Gasteiger partial charge is 0.337 e. The van der Waals surface area contributed by atoms with Gasteiger partial charge in [0.1, 0.15) is 13.1 Å². The molecule has 0 unspecified atom stereocenters. The van der Waals surface area contributed by atoms with E-state index in [1.807, 2.05) is 0 Å². The standard InChI is InChI=1S/C11H8ClN3O4S/c12-10-2-1-8(7-9(10)11(16)17)20(18,19)15(5-3-13)6-4-14/h1-2,7H,5-6H2,(H,16,17). The molecule has 1 rings (SSSR count). The van der Waals surface area contributed by atoms with Crippen LogP contribution in [0.5, 0.6) is 0 Å². The van der Waals surface area contributed by atoms with Crippen molar-refractivity contribution in [2.75, 3.05) is 13.1 Å². The second-order valence-electron chi connectivity index (χ2n) is 3.54. The molecule has 0 amide bonds. The summed E-state index contributed by atoms with van der Waals surface area (Å²) in [5.41, 5.74) is -0.374. The van der Waals surface area contributed by atoms with Gasteiger partial charge in [-0.1, -0.05) is 11.6 Å². The van der Waals surface area contributed by atoms with E-state index in [2.05, 4.69) is 0 Å². The molecule has 20 heavy (non-hydrogen) atoms. The van der Waals surface area contributed by atoms with Crippen molar-refractivity contribution in [2.24, 2.45) is 0 Å². The minimum Gasteiger partial charge on any atom is -0.478 e. The summed E-state index contributed by atoms with van der Waals surface area (Å²) in [6.45, 7) is -1.03. The third-order valence-corrected chi connectivity index (χ3v) is 4.42. The van der Waals surface area contributed by atoms with E-state index in [0.717, 1.165) is 18.2 Å². The van der Waals surface area contributed by atoms with E-state index in [4.69, 9.17) is 27.2 Å². The Hall–Kier alpha value is -2.13. The molecule has 9 heteroatoms. The molecule has 0 bridgehead atoms. The van der Waals surface area contributed by atoms with Crippen LogP contribution >= 0.6 is 11.6 Å². The number of halogens is 1. The predicted octanol–water partition coefficient (Wildman–Crippen LogP) is 1.08. The van der Waals surface area contributed by atoms with Gasteiger partial charge in [-0.3, -0.25) is 0 Å². The second-order valence-corrected chi connectivity index (χ2v) is 5.88. The number of rotatable bonds is 5. The normalized spacial score (nSPS) is 10.8. The molecule has 0 aliphatic rings. The number of hydrogen-bond donors (Lipinski definition) is 1. The van der Waals surface area contributed by atoms with Gasteiger partial charge in [-0.15, -0.1) is 0 Å². The Balaban J connectivity index is 3.35. The zero-order chi connectivity index (χ0) is 15.3. The summed E-state index contributed by atoms with van der Waals surface area (Å²) in [5.74, 6) is -1.38. The maximum absolute atomic E-state index is 12.2. The Labute approximate surface area is 120 Å². The van der Waals surface area contributed by atoms with Crippen LogP contribution < -0.4 is 0 Å². The van der Waals surface area contributed by atoms with Gasteiger partial charge < -0.3 is 5.11 Å². The quantitative estimate of drug-likeness (QED) is 0.811. The van der Waals surface area contributed by atoms with Crippen molar-refractivity contribution >= 4 is 27.6 Å². The van der Waals surface area contributed by atoms with Crippen LogP contribution in [0, 0.1) is 22.7 Å². The number of hydrogen-bond acceptors (Lipinski definition) is 5. The van der Waals surface area contributed by atoms with E-state index in [1.54, 1.807) is 12.1 Å². The average molecular weight is 314 g/mol. The van der Waals surface area contributed by atoms with Crippen molar-refractivity contribution < 1.29 is 18.3 Å². The Bertz CT molecular complexity index is 702. The van der Waals surface area contributed by atoms with Gasteiger partial charge in [-0.25, -0.2) is 13.2 Å². The average Bonchev–Trinajstić information content (AvgIpc) is 2.38. The first-order chi connectivity index (χ1) is 9.34. The van der Waals surface area contributed by atoms with E-state index < -0.39 is 29.1 Å². The predicted molar refractivity (Wildman–Crippen MR) is 68.4 cm³/mol. The van der Waals surface area contributed by atoms with Crippen LogP contribution in [0.3, 0.4) is 0 Å². The third-order valence-electron chi connectivity index (χ3n) is 2.30. The first-order valence-electron chi connectivity index (χ1n) is 5.11. The van der Waals surface area contributed by atoms with Crippen LogP contribution in [0.2, 0.25) is 5.02 Å². The van der Waals surface area contributed by atoms with Gasteiger partial charge in [0.2, 0.25) is 10.0 Å². The lowest BCUT2D eigenvalue weighted by molar-refractivity contribution is 0.0697. The minimum atomic E-state index is -4.13. The fourth-order valence-electron chi connectivity index (χ4n) is 1.36. The van der Waals surface area contributed by atoms with Crippen molar-refractivity contribution in [3.05, 3.63) is 28.8 Å². The maximum Gasteiger partial charge on any atom is 0.337 e. The molecule has 0 heterocycles. The molecular formula is C11H8ClN3O4S. The molecule has 0 atom stereocenters. The van der Waals surface area contributed by atoms with Crippen molar-refractivity contribution in [1.82, 2.24) is 4.31 Å². The molecule has 0 fully saturated rings. The summed E-state index contributed by atoms with van der Waals surface area (Å²) in [6.07, 6.45) is 0. The summed E-state index contributed by atoms with van der Waals surface area (Å²) in [5, 5.41) is 26.0. The van der Waals surface area contributed by atoms with Gasteiger partial charge in [-0.2, -0.15) is 14.8 Å². The number of nitrogens with zero attached hydrogens (tertiary/aromatic N) is 3. The van der Waals surface area contributed by atoms with Crippen molar-refractivity contribution in [3.8, 4) is 12.1 Å². The first-order valence-corrected chi connectivity index (χ1v) is 6.93. The van der Waals surface area contributed by atoms with Crippen LogP contribution in [-0.2, 0) is 10.0 Å². The zero-order valence-corrected chi connectivity index (χ0v) is 11.5. The number of carboxylic acid groups (broad SMARTS) is 1. The summed E-state index contributed by atoms with van der Waals surface area (Å²) in [7, 11) is -4.13. The zero-order valence-electron chi connectivity index (χ0n) is 9.95. The maximum atomic E-state index is 12.2. The Kier molecular flexibility index (Phi) is 5.06. The van der Waals surface area contributed by atoms with E-state index in [0.29, 0.717) is 4.31 Å². The number of carbonyl (C=O) groups is 1. The number of benzene rings is 1. The van der Waals surface area contributed by atoms with E-state index in [1.165, 1.54) is 0 Å². The highest BCUT2D eigenvalue weighted by atomic mass is 35.5. The molecule has 0 aromatic heterocycles. The van der Waals surface area contributed by atoms with Crippen molar-refractivity contribution in [2.45, 2.75) is 4.90 Å². The highest BCUT2D eigenvalue weighted by Crippen LogP contribution is 2.22. The second kappa shape index (κ2) is 6.35. The lowest BCUT2D eigenvalue weighted by Gasteiger charge is -2.16. The van der Waals surface area contributed by atoms with Crippen LogP contribution in [0.15, 0.2) is 23.1 Å². The number of sulfonamides is 1. The summed E-state index contributed by atoms with van der Waals surface area (Å²) >= 11 is 5.65. The molecule has 0 saturated carbocycles. The van der Waals surface area contributed by atoms with Crippen LogP contribution in [0.1, 0.15) is 10.4 Å². The van der Waals surface area contributed by atoms with Crippen LogP contribution in [0.4, 0.5) is 0 Å². The molecule has 0 radical (unpaired) electrons. The highest BCUT2D eigenvalue weighted by molar-refractivity contribution is 7.89. The van der Waals surface area contributed by atoms with E-state index in [-0.39, 0.29) is 15.5 Å². The van der Waals surface area contributed by atoms with Gasteiger partial charge in [0.05, 0.1) is 27.6 Å².